The highest BCUT2D eigenvalue weighted by Gasteiger charge is 2.71. The minimum Gasteiger partial charge on any atom is -0.496 e. The number of hydrogen-bond donors (Lipinski definition) is 1. The van der Waals surface area contributed by atoms with Gasteiger partial charge < -0.3 is 14.8 Å². The monoisotopic (exact) mass is 361 g/mol. The topological polar surface area (TPSA) is 89.5 Å². The largest absolute Gasteiger partial charge is 0.496 e. The van der Waals surface area contributed by atoms with Crippen molar-refractivity contribution in [1.82, 2.24) is 4.90 Å². The Kier molecular flexibility index (Phi) is 4.75. The second-order valence-electron chi connectivity index (χ2n) is 6.96. The highest BCUT2D eigenvalue weighted by molar-refractivity contribution is 6.08. The zero-order valence-electron chi connectivity index (χ0n) is 15.5. The average molecular weight is 361 g/mol. The Morgan fingerprint density at radius 2 is 1.92 bits per heavy atom. The molecule has 0 spiro atoms. The van der Waals surface area contributed by atoms with Crippen LogP contribution in [0, 0.1) is 11.8 Å². The Balaban J connectivity index is 2.17. The van der Waals surface area contributed by atoms with Crippen molar-refractivity contribution in [3.63, 3.8) is 0 Å². The van der Waals surface area contributed by atoms with Gasteiger partial charge in [0.15, 0.2) is 0 Å². The summed E-state index contributed by atoms with van der Waals surface area (Å²) in [6, 6.07) is 7.03. The molecule has 26 heavy (non-hydrogen) atoms. The van der Waals surface area contributed by atoms with E-state index in [2.05, 4.69) is 0 Å². The summed E-state index contributed by atoms with van der Waals surface area (Å²) in [5.41, 5.74) is -0.291. The first kappa shape index (κ1) is 18.4. The number of para-hydroxylation sites is 1. The van der Waals surface area contributed by atoms with Crippen LogP contribution in [0.25, 0.3) is 0 Å². The molecule has 3 rings (SSSR count). The van der Waals surface area contributed by atoms with Gasteiger partial charge in [0.05, 0.1) is 19.8 Å². The predicted octanol–water partition coefficient (Wildman–Crippen LogP) is 0.256. The van der Waals surface area contributed by atoms with E-state index in [1.54, 1.807) is 7.11 Å². The molecule has 0 radical (unpaired) electrons. The maximum atomic E-state index is 12.9. The van der Waals surface area contributed by atoms with Gasteiger partial charge in [0.1, 0.15) is 23.6 Å². The third-order valence-corrected chi connectivity index (χ3v) is 5.72. The van der Waals surface area contributed by atoms with E-state index < -0.39 is 23.3 Å². The molecule has 0 aromatic heterocycles. The summed E-state index contributed by atoms with van der Waals surface area (Å²) in [5.74, 6) is -1.74. The lowest BCUT2D eigenvalue weighted by Crippen LogP contribution is -2.98. The zero-order valence-corrected chi connectivity index (χ0v) is 15.5. The van der Waals surface area contributed by atoms with Crippen LogP contribution in [-0.2, 0) is 19.1 Å². The molecular formula is C19H25N2O5+. The van der Waals surface area contributed by atoms with Gasteiger partial charge >= 0.3 is 5.97 Å². The Bertz CT molecular complexity index is 749. The number of carbonyl (C=O) groups excluding carboxylic acids is 3. The number of nitrogens with two attached hydrogens (primary N) is 1. The molecule has 2 N–H and O–H groups in total. The lowest BCUT2D eigenvalue weighted by molar-refractivity contribution is -0.735. The molecule has 2 aliphatic rings. The fourth-order valence-corrected chi connectivity index (χ4v) is 4.63. The number of nitrogens with zero attached hydrogens (tertiary/aromatic N) is 1. The molecule has 0 saturated carbocycles. The number of fused-ring (bicyclic) bond motifs is 1. The van der Waals surface area contributed by atoms with Crippen LogP contribution in [0.2, 0.25) is 0 Å². The van der Waals surface area contributed by atoms with Crippen molar-refractivity contribution >= 4 is 17.8 Å². The molecule has 7 nitrogen and oxygen atoms in total. The SMILES string of the molecule is CCC[C@@]1(C(=O)OC)[NH2+][C@@H](c2ccccc2OC)[C@H]2C(=O)N(C)C(=O)[C@@H]21. The molecule has 1 aromatic rings. The van der Waals surface area contributed by atoms with Gasteiger partial charge in [-0.05, 0) is 18.6 Å². The maximum Gasteiger partial charge on any atom is 0.368 e. The minimum absolute atomic E-state index is 0.256. The number of amides is 2. The summed E-state index contributed by atoms with van der Waals surface area (Å²) in [7, 11) is 4.37. The third kappa shape index (κ3) is 2.41. The molecule has 1 aromatic carbocycles. The molecule has 0 bridgehead atoms. The molecule has 2 fully saturated rings. The summed E-state index contributed by atoms with van der Waals surface area (Å²) in [4.78, 5) is 39.7. The van der Waals surface area contributed by atoms with Gasteiger partial charge in [0.25, 0.3) is 0 Å². The van der Waals surface area contributed by atoms with Gasteiger partial charge in [0, 0.05) is 13.5 Å². The summed E-state index contributed by atoms with van der Waals surface area (Å²) in [5, 5.41) is 1.86. The van der Waals surface area contributed by atoms with Gasteiger partial charge in [-0.3, -0.25) is 14.5 Å². The second kappa shape index (κ2) is 6.72. The van der Waals surface area contributed by atoms with E-state index in [1.165, 1.54) is 14.2 Å². The van der Waals surface area contributed by atoms with Gasteiger partial charge in [0.2, 0.25) is 17.4 Å². The van der Waals surface area contributed by atoms with Crippen molar-refractivity contribution in [2.24, 2.45) is 11.8 Å². The number of ether oxygens (including phenoxy) is 2. The number of esters is 1. The van der Waals surface area contributed by atoms with E-state index in [9.17, 15) is 14.4 Å². The number of hydrogen-bond acceptors (Lipinski definition) is 5. The Hall–Kier alpha value is -2.41. The molecule has 140 valence electrons. The van der Waals surface area contributed by atoms with Crippen molar-refractivity contribution in [3.8, 4) is 5.75 Å². The van der Waals surface area contributed by atoms with Crippen molar-refractivity contribution in [1.29, 1.82) is 0 Å². The summed E-state index contributed by atoms with van der Waals surface area (Å²) < 4.78 is 10.5. The van der Waals surface area contributed by atoms with E-state index in [4.69, 9.17) is 9.47 Å². The molecule has 0 unspecified atom stereocenters. The van der Waals surface area contributed by atoms with Gasteiger partial charge in [-0.1, -0.05) is 19.1 Å². The Labute approximate surface area is 152 Å². The summed E-state index contributed by atoms with van der Waals surface area (Å²) in [6.45, 7) is 1.95. The molecule has 2 heterocycles. The smallest absolute Gasteiger partial charge is 0.368 e. The van der Waals surface area contributed by atoms with E-state index in [1.807, 2.05) is 36.5 Å². The molecule has 4 atom stereocenters. The average Bonchev–Trinajstić information content (AvgIpc) is 3.11. The van der Waals surface area contributed by atoms with Crippen LogP contribution in [0.3, 0.4) is 0 Å². The van der Waals surface area contributed by atoms with E-state index >= 15 is 0 Å². The molecule has 7 heteroatoms. The first-order valence-corrected chi connectivity index (χ1v) is 8.81. The second-order valence-corrected chi connectivity index (χ2v) is 6.96. The fourth-order valence-electron chi connectivity index (χ4n) is 4.63. The van der Waals surface area contributed by atoms with Crippen LogP contribution >= 0.6 is 0 Å². The highest BCUT2D eigenvalue weighted by Crippen LogP contribution is 2.47. The van der Waals surface area contributed by atoms with Crippen LogP contribution in [0.15, 0.2) is 24.3 Å². The van der Waals surface area contributed by atoms with Gasteiger partial charge in [-0.2, -0.15) is 0 Å². The Morgan fingerprint density at radius 3 is 2.54 bits per heavy atom. The Morgan fingerprint density at radius 1 is 1.23 bits per heavy atom. The molecular weight excluding hydrogens is 336 g/mol. The van der Waals surface area contributed by atoms with E-state index in [0.29, 0.717) is 18.6 Å². The first-order chi connectivity index (χ1) is 12.4. The van der Waals surface area contributed by atoms with Crippen LogP contribution in [0.1, 0.15) is 31.4 Å². The minimum atomic E-state index is -1.10. The number of benzene rings is 1. The van der Waals surface area contributed by atoms with Crippen LogP contribution < -0.4 is 10.1 Å². The summed E-state index contributed by atoms with van der Waals surface area (Å²) in [6.07, 6.45) is 1.15. The van der Waals surface area contributed by atoms with E-state index in [-0.39, 0.29) is 17.9 Å². The summed E-state index contributed by atoms with van der Waals surface area (Å²) >= 11 is 0. The van der Waals surface area contributed by atoms with Crippen molar-refractivity contribution in [2.45, 2.75) is 31.3 Å². The lowest BCUT2D eigenvalue weighted by Gasteiger charge is -2.28. The quantitative estimate of drug-likeness (QED) is 0.600. The standard InChI is InChI=1S/C19H24N2O5/c1-5-10-19(18(24)26-4)14-13(16(22)21(2)17(14)23)15(20-19)11-8-6-7-9-12(11)25-3/h6-9,13-15,20H,5,10H2,1-4H3/p+1/t13-,14+,15-,19+/m0/s1. The number of likely N-dealkylation sites (tertiary alicyclic amines) is 1. The maximum absolute atomic E-state index is 12.9. The van der Waals surface area contributed by atoms with Crippen LogP contribution in [0.5, 0.6) is 5.75 Å². The number of rotatable bonds is 5. The van der Waals surface area contributed by atoms with Crippen molar-refractivity contribution < 1.29 is 29.2 Å². The third-order valence-electron chi connectivity index (χ3n) is 5.72. The van der Waals surface area contributed by atoms with Crippen LogP contribution in [0.4, 0.5) is 0 Å². The fraction of sp³-hybridized carbons (Fsp3) is 0.526. The normalized spacial score (nSPS) is 30.5. The molecule has 0 aliphatic carbocycles. The van der Waals surface area contributed by atoms with Crippen molar-refractivity contribution in [2.75, 3.05) is 21.3 Å². The molecule has 2 amide bonds. The number of quaternary nitrogens is 1. The predicted molar refractivity (Wildman–Crippen MR) is 92.1 cm³/mol. The first-order valence-electron chi connectivity index (χ1n) is 8.81. The number of imide groups is 1. The number of carbonyl (C=O) groups is 3. The zero-order chi connectivity index (χ0) is 19.1. The lowest BCUT2D eigenvalue weighted by atomic mass is 9.77. The van der Waals surface area contributed by atoms with Gasteiger partial charge in [-0.15, -0.1) is 0 Å². The number of methoxy groups -OCH3 is 2. The molecule has 2 saturated heterocycles. The van der Waals surface area contributed by atoms with Gasteiger partial charge in [-0.25, -0.2) is 4.79 Å². The molecule has 2 aliphatic heterocycles. The van der Waals surface area contributed by atoms with Crippen LogP contribution in [-0.4, -0.2) is 49.5 Å². The van der Waals surface area contributed by atoms with Crippen molar-refractivity contribution in [3.05, 3.63) is 29.8 Å². The van der Waals surface area contributed by atoms with E-state index in [0.717, 1.165) is 10.5 Å². The highest BCUT2D eigenvalue weighted by atomic mass is 16.5.